The van der Waals surface area contributed by atoms with E-state index < -0.39 is 11.9 Å². The van der Waals surface area contributed by atoms with Gasteiger partial charge in [0, 0.05) is 39.3 Å². The monoisotopic (exact) mass is 353 g/mol. The zero-order chi connectivity index (χ0) is 17.9. The summed E-state index contributed by atoms with van der Waals surface area (Å²) in [5.41, 5.74) is 1.39. The number of carboxylic acid groups (broad SMARTS) is 2. The van der Waals surface area contributed by atoms with Gasteiger partial charge in [-0.05, 0) is 24.7 Å². The van der Waals surface area contributed by atoms with Crippen molar-refractivity contribution < 1.29 is 19.8 Å². The molecule has 0 radical (unpaired) electrons. The summed E-state index contributed by atoms with van der Waals surface area (Å²) in [5, 5.41) is 18.9. The van der Waals surface area contributed by atoms with Gasteiger partial charge in [-0.2, -0.15) is 0 Å². The highest BCUT2D eigenvalue weighted by atomic mass is 32.1. The molecule has 1 saturated heterocycles. The van der Waals surface area contributed by atoms with E-state index in [9.17, 15) is 0 Å². The second-order valence-corrected chi connectivity index (χ2v) is 5.58. The molecule has 0 saturated carbocycles. The Balaban J connectivity index is 0.000000413. The molecule has 24 heavy (non-hydrogen) atoms. The SMILES string of the molecule is CCNC(=S)N1CCN(Cc2ccccc2)CC1.O=C(O)C(=O)O. The molecular weight excluding hydrogens is 330 g/mol. The number of hydrogen-bond donors (Lipinski definition) is 3. The number of hydrogen-bond acceptors (Lipinski definition) is 4. The Bertz CT molecular complexity index is 534. The zero-order valence-corrected chi connectivity index (χ0v) is 14.5. The lowest BCUT2D eigenvalue weighted by Gasteiger charge is -2.36. The van der Waals surface area contributed by atoms with E-state index in [1.807, 2.05) is 0 Å². The van der Waals surface area contributed by atoms with Crippen LogP contribution in [0.15, 0.2) is 30.3 Å². The second-order valence-electron chi connectivity index (χ2n) is 5.19. The maximum Gasteiger partial charge on any atom is 0.414 e. The largest absolute Gasteiger partial charge is 0.473 e. The maximum absolute atomic E-state index is 9.10. The number of nitrogens with one attached hydrogen (secondary N) is 1. The zero-order valence-electron chi connectivity index (χ0n) is 13.6. The van der Waals surface area contributed by atoms with E-state index in [1.54, 1.807) is 0 Å². The number of rotatable bonds is 3. The van der Waals surface area contributed by atoms with Crippen molar-refractivity contribution in [3.05, 3.63) is 35.9 Å². The quantitative estimate of drug-likeness (QED) is 0.544. The van der Waals surface area contributed by atoms with Gasteiger partial charge in [-0.1, -0.05) is 30.3 Å². The molecule has 0 unspecified atom stereocenters. The summed E-state index contributed by atoms with van der Waals surface area (Å²) < 4.78 is 0. The minimum atomic E-state index is -1.82. The lowest BCUT2D eigenvalue weighted by atomic mass is 10.2. The number of thiocarbonyl (C=S) groups is 1. The number of nitrogens with zero attached hydrogens (tertiary/aromatic N) is 2. The summed E-state index contributed by atoms with van der Waals surface area (Å²) in [6.45, 7) is 8.25. The van der Waals surface area contributed by atoms with Crippen LogP contribution in [-0.4, -0.2) is 69.8 Å². The molecule has 1 aliphatic heterocycles. The lowest BCUT2D eigenvalue weighted by molar-refractivity contribution is -0.159. The highest BCUT2D eigenvalue weighted by molar-refractivity contribution is 7.80. The van der Waals surface area contributed by atoms with Crippen LogP contribution >= 0.6 is 12.2 Å². The molecule has 132 valence electrons. The van der Waals surface area contributed by atoms with Crippen molar-refractivity contribution >= 4 is 29.3 Å². The van der Waals surface area contributed by atoms with Gasteiger partial charge < -0.3 is 20.4 Å². The normalized spacial score (nSPS) is 14.3. The van der Waals surface area contributed by atoms with Gasteiger partial charge in [0.1, 0.15) is 0 Å². The number of benzene rings is 1. The van der Waals surface area contributed by atoms with Crippen molar-refractivity contribution in [1.82, 2.24) is 15.1 Å². The van der Waals surface area contributed by atoms with Crippen LogP contribution in [-0.2, 0) is 16.1 Å². The predicted octanol–water partition coefficient (Wildman–Crippen LogP) is 0.854. The fourth-order valence-electron chi connectivity index (χ4n) is 2.21. The third-order valence-corrected chi connectivity index (χ3v) is 3.82. The van der Waals surface area contributed by atoms with Crippen molar-refractivity contribution in [3.63, 3.8) is 0 Å². The van der Waals surface area contributed by atoms with Crippen LogP contribution < -0.4 is 5.32 Å². The van der Waals surface area contributed by atoms with Crippen molar-refractivity contribution in [2.45, 2.75) is 13.5 Å². The smallest absolute Gasteiger partial charge is 0.414 e. The Labute approximate surface area is 146 Å². The summed E-state index contributed by atoms with van der Waals surface area (Å²) in [6.07, 6.45) is 0. The van der Waals surface area contributed by atoms with Crippen LogP contribution in [0.3, 0.4) is 0 Å². The first-order valence-electron chi connectivity index (χ1n) is 7.69. The molecule has 1 aliphatic rings. The standard InChI is InChI=1S/C14H21N3S.C2H2O4/c1-2-15-14(18)17-10-8-16(9-11-17)12-13-6-4-3-5-7-13;3-1(4)2(5)6/h3-7H,2,8-12H2,1H3,(H,15,18);(H,3,4)(H,5,6). The van der Waals surface area contributed by atoms with Crippen molar-refractivity contribution in [2.75, 3.05) is 32.7 Å². The van der Waals surface area contributed by atoms with Gasteiger partial charge in [-0.3, -0.25) is 4.90 Å². The molecule has 2 rings (SSSR count). The average Bonchev–Trinajstić information content (AvgIpc) is 2.57. The summed E-state index contributed by atoms with van der Waals surface area (Å²) >= 11 is 5.34. The van der Waals surface area contributed by atoms with Crippen LogP contribution in [0.2, 0.25) is 0 Å². The molecule has 1 aromatic carbocycles. The molecule has 8 heteroatoms. The Hall–Kier alpha value is -2.19. The summed E-state index contributed by atoms with van der Waals surface area (Å²) in [4.78, 5) is 22.9. The number of carboxylic acids is 2. The maximum atomic E-state index is 9.10. The van der Waals surface area contributed by atoms with E-state index in [4.69, 9.17) is 32.0 Å². The molecule has 3 N–H and O–H groups in total. The van der Waals surface area contributed by atoms with Gasteiger partial charge in [0.15, 0.2) is 5.11 Å². The van der Waals surface area contributed by atoms with E-state index in [1.165, 1.54) is 5.56 Å². The van der Waals surface area contributed by atoms with E-state index >= 15 is 0 Å². The van der Waals surface area contributed by atoms with Gasteiger partial charge >= 0.3 is 11.9 Å². The van der Waals surface area contributed by atoms with E-state index in [0.717, 1.165) is 44.4 Å². The number of aliphatic carboxylic acids is 2. The van der Waals surface area contributed by atoms with Crippen LogP contribution in [0.25, 0.3) is 0 Å². The molecule has 0 aromatic heterocycles. The molecular formula is C16H23N3O4S. The molecule has 0 spiro atoms. The molecule has 0 bridgehead atoms. The Kier molecular flexibility index (Phi) is 8.74. The minimum Gasteiger partial charge on any atom is -0.473 e. The Morgan fingerprint density at radius 1 is 1.08 bits per heavy atom. The average molecular weight is 353 g/mol. The molecule has 1 fully saturated rings. The van der Waals surface area contributed by atoms with Gasteiger partial charge in [0.2, 0.25) is 0 Å². The van der Waals surface area contributed by atoms with Crippen LogP contribution in [0, 0.1) is 0 Å². The fraction of sp³-hybridized carbons (Fsp3) is 0.438. The minimum absolute atomic E-state index is 0.900. The Morgan fingerprint density at radius 3 is 2.08 bits per heavy atom. The third kappa shape index (κ3) is 7.38. The molecule has 1 heterocycles. The molecule has 1 aromatic rings. The van der Waals surface area contributed by atoms with Crippen molar-refractivity contribution in [3.8, 4) is 0 Å². The summed E-state index contributed by atoms with van der Waals surface area (Å²) in [6, 6.07) is 10.7. The molecule has 0 amide bonds. The van der Waals surface area contributed by atoms with Crippen molar-refractivity contribution in [2.24, 2.45) is 0 Å². The first-order valence-corrected chi connectivity index (χ1v) is 8.10. The lowest BCUT2D eigenvalue weighted by Crippen LogP contribution is -2.51. The molecule has 0 aliphatic carbocycles. The molecule has 7 nitrogen and oxygen atoms in total. The number of carbonyl (C=O) groups is 2. The highest BCUT2D eigenvalue weighted by Gasteiger charge is 2.18. The summed E-state index contributed by atoms with van der Waals surface area (Å²) in [5.74, 6) is -3.65. The van der Waals surface area contributed by atoms with Gasteiger partial charge in [0.05, 0.1) is 0 Å². The first-order chi connectivity index (χ1) is 11.4. The van der Waals surface area contributed by atoms with Crippen molar-refractivity contribution in [1.29, 1.82) is 0 Å². The van der Waals surface area contributed by atoms with Gasteiger partial charge in [-0.25, -0.2) is 9.59 Å². The first kappa shape index (κ1) is 19.9. The Morgan fingerprint density at radius 2 is 1.62 bits per heavy atom. The highest BCUT2D eigenvalue weighted by Crippen LogP contribution is 2.08. The third-order valence-electron chi connectivity index (χ3n) is 3.42. The van der Waals surface area contributed by atoms with E-state index in [2.05, 4.69) is 52.4 Å². The van der Waals surface area contributed by atoms with E-state index in [0.29, 0.717) is 0 Å². The molecule has 0 atom stereocenters. The fourth-order valence-corrected chi connectivity index (χ4v) is 2.54. The van der Waals surface area contributed by atoms with Gasteiger partial charge in [0.25, 0.3) is 0 Å². The van der Waals surface area contributed by atoms with Crippen LogP contribution in [0.1, 0.15) is 12.5 Å². The van der Waals surface area contributed by atoms with Crippen LogP contribution in [0.5, 0.6) is 0 Å². The number of piperazine rings is 1. The van der Waals surface area contributed by atoms with E-state index in [-0.39, 0.29) is 0 Å². The predicted molar refractivity (Wildman–Crippen MR) is 94.8 cm³/mol. The van der Waals surface area contributed by atoms with Crippen LogP contribution in [0.4, 0.5) is 0 Å². The topological polar surface area (TPSA) is 93.1 Å². The second kappa shape index (κ2) is 10.6. The van der Waals surface area contributed by atoms with Gasteiger partial charge in [-0.15, -0.1) is 0 Å². The summed E-state index contributed by atoms with van der Waals surface area (Å²) in [7, 11) is 0.